The first kappa shape index (κ1) is 60.6. The van der Waals surface area contributed by atoms with Gasteiger partial charge in [-0.25, -0.2) is 29.9 Å². The van der Waals surface area contributed by atoms with E-state index in [1.165, 1.54) is 5.56 Å². The fraction of sp³-hybridized carbons (Fsp3) is 0. The molecule has 104 heavy (non-hydrogen) atoms. The van der Waals surface area contributed by atoms with Crippen LogP contribution < -0.4 is 0 Å². The zero-order valence-electron chi connectivity index (χ0n) is 55.6. The first-order chi connectivity index (χ1) is 51.5. The molecule has 10 heteroatoms. The summed E-state index contributed by atoms with van der Waals surface area (Å²) in [6.07, 6.45) is 0. The minimum Gasteiger partial charge on any atom is -0.436 e. The molecule has 0 unspecified atom stereocenters. The van der Waals surface area contributed by atoms with E-state index < -0.39 is 0 Å². The highest BCUT2D eigenvalue weighted by molar-refractivity contribution is 7.27. The lowest BCUT2D eigenvalue weighted by molar-refractivity contribution is 0.620. The van der Waals surface area contributed by atoms with Crippen LogP contribution in [0.5, 0.6) is 0 Å². The number of hydrogen-bond acceptors (Lipinski definition) is 10. The summed E-state index contributed by atoms with van der Waals surface area (Å²) in [4.78, 5) is 31.8. The quantitative estimate of drug-likeness (QED) is 0.112. The molecule has 0 N–H and O–H groups in total. The van der Waals surface area contributed by atoms with Crippen molar-refractivity contribution in [2.45, 2.75) is 0 Å². The van der Waals surface area contributed by atoms with Gasteiger partial charge in [0.15, 0.2) is 22.8 Å². The van der Waals surface area contributed by atoms with Gasteiger partial charge in [0, 0.05) is 73.7 Å². The standard InChI is InChI=1S/C94H56N6O2S2/c1-4-19-57(20-5-1)60-41-45-62(46-42-60)79-55-81(97-92(96-79)74-34-18-40-86-88(74)73-33-16-35-75(90(73)104-86)93-99-77-37-10-11-38-83(77)101-93)69-29-13-28-67(52-69)65-26-12-27-66(51-65)68-49-50-78-84(54-68)102-94(100-78)76-36-15-32-72-87-71(31-17-39-85(87)103-89(72)76)82-56-80(63-47-43-61(44-48-63)58-21-6-2-7-22-58)95-91(98-82)70-30-14-25-64(53-70)59-23-8-3-9-24-59/h1-56H. The van der Waals surface area contributed by atoms with Gasteiger partial charge in [-0.05, 0) is 134 Å². The largest absolute Gasteiger partial charge is 0.436 e. The van der Waals surface area contributed by atoms with E-state index in [4.69, 9.17) is 38.7 Å². The Morgan fingerprint density at radius 3 is 1.16 bits per heavy atom. The maximum absolute atomic E-state index is 6.86. The second-order valence-corrected chi connectivity index (χ2v) is 28.1. The van der Waals surface area contributed by atoms with Crippen LogP contribution >= 0.6 is 22.7 Å². The van der Waals surface area contributed by atoms with E-state index in [9.17, 15) is 0 Å². The molecule has 0 saturated carbocycles. The van der Waals surface area contributed by atoms with Crippen LogP contribution in [0.4, 0.5) is 0 Å². The second kappa shape index (κ2) is 25.4. The van der Waals surface area contributed by atoms with E-state index in [-0.39, 0.29) is 0 Å². The Kier molecular flexibility index (Phi) is 14.8. The number of benzene rings is 14. The van der Waals surface area contributed by atoms with Crippen molar-refractivity contribution in [3.63, 3.8) is 0 Å². The zero-order valence-corrected chi connectivity index (χ0v) is 57.3. The molecule has 0 saturated heterocycles. The number of aromatic nitrogens is 6. The van der Waals surface area contributed by atoms with Gasteiger partial charge in [-0.3, -0.25) is 0 Å². The first-order valence-corrected chi connectivity index (χ1v) is 36.2. The van der Waals surface area contributed by atoms with E-state index in [1.807, 2.05) is 42.5 Å². The Bertz CT molecular complexity index is 6690. The average Bonchev–Trinajstić information content (AvgIpc) is 1.58. The van der Waals surface area contributed by atoms with E-state index in [0.717, 1.165) is 174 Å². The smallest absolute Gasteiger partial charge is 0.228 e. The third-order valence-electron chi connectivity index (χ3n) is 19.6. The Morgan fingerprint density at radius 1 is 0.212 bits per heavy atom. The molecule has 0 aliphatic heterocycles. The first-order valence-electron chi connectivity index (χ1n) is 34.6. The summed E-state index contributed by atoms with van der Waals surface area (Å²) in [5.41, 5.74) is 25.2. The van der Waals surface area contributed by atoms with Crippen LogP contribution in [-0.4, -0.2) is 29.9 Å². The van der Waals surface area contributed by atoms with Gasteiger partial charge in [0.1, 0.15) is 11.0 Å². The highest BCUT2D eigenvalue weighted by Crippen LogP contribution is 2.47. The third-order valence-corrected chi connectivity index (χ3v) is 22.1. The molecular weight excluding hydrogens is 1310 g/mol. The van der Waals surface area contributed by atoms with Crippen molar-refractivity contribution in [2.75, 3.05) is 0 Å². The van der Waals surface area contributed by atoms with E-state index >= 15 is 0 Å². The van der Waals surface area contributed by atoms with Crippen LogP contribution in [0.15, 0.2) is 349 Å². The molecule has 0 spiro atoms. The summed E-state index contributed by atoms with van der Waals surface area (Å²) in [5, 5.41) is 4.42. The number of oxazole rings is 2. The molecule has 0 bridgehead atoms. The molecule has 0 aliphatic rings. The molecule has 486 valence electrons. The molecule has 8 nitrogen and oxygen atoms in total. The molecule has 20 aromatic rings. The van der Waals surface area contributed by atoms with Gasteiger partial charge >= 0.3 is 0 Å². The fourth-order valence-electron chi connectivity index (χ4n) is 14.5. The molecule has 0 amide bonds. The van der Waals surface area contributed by atoms with Crippen LogP contribution in [0.1, 0.15) is 0 Å². The molecule has 0 atom stereocenters. The second-order valence-electron chi connectivity index (χ2n) is 26.0. The summed E-state index contributed by atoms with van der Waals surface area (Å²) in [5.74, 6) is 2.46. The van der Waals surface area contributed by atoms with E-state index in [1.54, 1.807) is 22.7 Å². The summed E-state index contributed by atoms with van der Waals surface area (Å²) >= 11 is 3.48. The highest BCUT2D eigenvalue weighted by Gasteiger charge is 2.23. The minimum atomic E-state index is 0.566. The van der Waals surface area contributed by atoms with Crippen molar-refractivity contribution in [3.8, 4) is 146 Å². The Hall–Kier alpha value is -13.4. The molecule has 0 aliphatic carbocycles. The monoisotopic (exact) mass is 1360 g/mol. The molecule has 6 aromatic heterocycles. The number of hydrogen-bond donors (Lipinski definition) is 0. The molecule has 0 radical (unpaired) electrons. The van der Waals surface area contributed by atoms with Crippen LogP contribution in [-0.2, 0) is 0 Å². The molecular formula is C94H56N6O2S2. The molecule has 0 fully saturated rings. The molecule has 20 rings (SSSR count). The zero-order chi connectivity index (χ0) is 68.6. The van der Waals surface area contributed by atoms with Crippen molar-refractivity contribution in [2.24, 2.45) is 0 Å². The average molecular weight is 1370 g/mol. The predicted octanol–water partition coefficient (Wildman–Crippen LogP) is 26.0. The van der Waals surface area contributed by atoms with Gasteiger partial charge in [-0.2, -0.15) is 0 Å². The number of thiophene rings is 2. The SMILES string of the molecule is c1ccc(-c2ccc(-c3cc(-c4cccc5sc6c(-c7nc8ccc(-c9cccc(-c%10cccc(-c%11cc(-c%12ccc(-c%13ccccc%13)cc%12)nc(-c%12cccc%13sc%14c(-c%15nc%16ccccc%16o%15)cccc%14c%12%13)n%11)c%10)c9)cc8o7)cccc6c45)nc(-c4cccc(-c5ccccc5)c4)n3)cc2)cc1. The van der Waals surface area contributed by atoms with E-state index in [2.05, 4.69) is 297 Å². The summed E-state index contributed by atoms with van der Waals surface area (Å²) < 4.78 is 17.7. The van der Waals surface area contributed by atoms with Crippen molar-refractivity contribution < 1.29 is 8.83 Å². The van der Waals surface area contributed by atoms with Crippen LogP contribution in [0, 0.1) is 0 Å². The summed E-state index contributed by atoms with van der Waals surface area (Å²) in [6.45, 7) is 0. The van der Waals surface area contributed by atoms with Crippen LogP contribution in [0.2, 0.25) is 0 Å². The van der Waals surface area contributed by atoms with Crippen molar-refractivity contribution in [3.05, 3.63) is 340 Å². The van der Waals surface area contributed by atoms with E-state index in [0.29, 0.717) is 29.0 Å². The van der Waals surface area contributed by atoms with Crippen molar-refractivity contribution in [1.82, 2.24) is 29.9 Å². The van der Waals surface area contributed by atoms with Gasteiger partial charge in [0.25, 0.3) is 0 Å². The fourth-order valence-corrected chi connectivity index (χ4v) is 17.0. The van der Waals surface area contributed by atoms with Gasteiger partial charge < -0.3 is 8.83 Å². The van der Waals surface area contributed by atoms with Gasteiger partial charge in [-0.15, -0.1) is 22.7 Å². The van der Waals surface area contributed by atoms with Gasteiger partial charge in [0.2, 0.25) is 11.8 Å². The van der Waals surface area contributed by atoms with Gasteiger partial charge in [0.05, 0.1) is 33.9 Å². The highest BCUT2D eigenvalue weighted by atomic mass is 32.1. The number of para-hydroxylation sites is 2. The molecule has 6 heterocycles. The summed E-state index contributed by atoms with van der Waals surface area (Å²) in [7, 11) is 0. The lowest BCUT2D eigenvalue weighted by atomic mass is 9.96. The Labute approximate surface area is 605 Å². The lowest BCUT2D eigenvalue weighted by Gasteiger charge is -2.12. The number of nitrogens with zero attached hydrogens (tertiary/aromatic N) is 6. The van der Waals surface area contributed by atoms with Crippen LogP contribution in [0.25, 0.3) is 209 Å². The normalized spacial score (nSPS) is 11.7. The lowest BCUT2D eigenvalue weighted by Crippen LogP contribution is -1.96. The predicted molar refractivity (Wildman–Crippen MR) is 429 cm³/mol. The van der Waals surface area contributed by atoms with Gasteiger partial charge in [-0.1, -0.05) is 261 Å². The number of rotatable bonds is 13. The Morgan fingerprint density at radius 2 is 0.577 bits per heavy atom. The maximum Gasteiger partial charge on any atom is 0.228 e. The minimum absolute atomic E-state index is 0.566. The topological polar surface area (TPSA) is 104 Å². The van der Waals surface area contributed by atoms with Crippen LogP contribution in [0.3, 0.4) is 0 Å². The maximum atomic E-state index is 6.86. The Balaban J connectivity index is 0.638. The van der Waals surface area contributed by atoms with Crippen molar-refractivity contribution >= 4 is 85.2 Å². The molecule has 14 aromatic carbocycles. The van der Waals surface area contributed by atoms with Crippen molar-refractivity contribution in [1.29, 1.82) is 0 Å². The summed E-state index contributed by atoms with van der Waals surface area (Å²) in [6, 6.07) is 119. The third kappa shape index (κ3) is 11.0. The number of fused-ring (bicyclic) bond motifs is 8.